The van der Waals surface area contributed by atoms with E-state index in [1.54, 1.807) is 7.11 Å². The molecule has 0 unspecified atom stereocenters. The lowest BCUT2D eigenvalue weighted by Crippen LogP contribution is -1.91. The van der Waals surface area contributed by atoms with E-state index in [0.29, 0.717) is 0 Å². The molecule has 14 heavy (non-hydrogen) atoms. The second kappa shape index (κ2) is 10.0. The van der Waals surface area contributed by atoms with Crippen molar-refractivity contribution in [3.63, 3.8) is 0 Å². The van der Waals surface area contributed by atoms with Gasteiger partial charge >= 0.3 is 0 Å². The summed E-state index contributed by atoms with van der Waals surface area (Å²) in [5.41, 5.74) is 2.07. The number of rotatable bonds is 1. The Bertz CT molecular complexity index is 234. The maximum atomic E-state index is 5.01. The molecule has 0 aliphatic heterocycles. The molecule has 1 aromatic rings. The number of pyridine rings is 1. The second-order valence-corrected chi connectivity index (χ2v) is 2.28. The van der Waals surface area contributed by atoms with E-state index in [9.17, 15) is 0 Å². The van der Waals surface area contributed by atoms with Crippen LogP contribution in [0.5, 0.6) is 5.88 Å². The second-order valence-electron chi connectivity index (χ2n) is 2.28. The predicted molar refractivity (Wildman–Crippen MR) is 63.0 cm³/mol. The van der Waals surface area contributed by atoms with Gasteiger partial charge in [-0.25, -0.2) is 4.98 Å². The molecule has 2 nitrogen and oxygen atoms in total. The van der Waals surface area contributed by atoms with Gasteiger partial charge in [-0.15, -0.1) is 0 Å². The van der Waals surface area contributed by atoms with E-state index >= 15 is 0 Å². The molecular formula is C12H23NO. The van der Waals surface area contributed by atoms with Crippen LogP contribution in [0, 0.1) is 13.8 Å². The van der Waals surface area contributed by atoms with Gasteiger partial charge in [0, 0.05) is 11.3 Å². The summed E-state index contributed by atoms with van der Waals surface area (Å²) in [7, 11) is 1.63. The van der Waals surface area contributed by atoms with Gasteiger partial charge in [0.15, 0.2) is 0 Å². The van der Waals surface area contributed by atoms with Crippen molar-refractivity contribution in [2.75, 3.05) is 7.11 Å². The van der Waals surface area contributed by atoms with E-state index in [0.717, 1.165) is 17.1 Å². The molecule has 0 radical (unpaired) electrons. The number of aromatic nitrogens is 1. The molecule has 0 bridgehead atoms. The van der Waals surface area contributed by atoms with Crippen LogP contribution >= 0.6 is 0 Å². The number of hydrogen-bond acceptors (Lipinski definition) is 2. The molecule has 1 heterocycles. The lowest BCUT2D eigenvalue weighted by molar-refractivity contribution is 0.393. The third kappa shape index (κ3) is 5.57. The molecule has 0 aromatic carbocycles. The highest BCUT2D eigenvalue weighted by Gasteiger charge is 1.96. The maximum Gasteiger partial charge on any atom is 0.216 e. The highest BCUT2D eigenvalue weighted by molar-refractivity contribution is 5.25. The van der Waals surface area contributed by atoms with Gasteiger partial charge in [-0.1, -0.05) is 33.8 Å². The predicted octanol–water partition coefficient (Wildman–Crippen LogP) is 3.76. The molecule has 0 saturated heterocycles. The minimum atomic E-state index is 0.722. The van der Waals surface area contributed by atoms with E-state index in [1.807, 2.05) is 53.7 Å². The summed E-state index contributed by atoms with van der Waals surface area (Å²) in [6, 6.07) is 3.97. The van der Waals surface area contributed by atoms with Crippen LogP contribution in [-0.4, -0.2) is 12.1 Å². The summed E-state index contributed by atoms with van der Waals surface area (Å²) in [5, 5.41) is 0. The van der Waals surface area contributed by atoms with Gasteiger partial charge in [0.1, 0.15) is 0 Å². The molecule has 1 rings (SSSR count). The van der Waals surface area contributed by atoms with Crippen molar-refractivity contribution < 1.29 is 4.74 Å². The number of nitrogens with zero attached hydrogens (tertiary/aromatic N) is 1. The summed E-state index contributed by atoms with van der Waals surface area (Å²) in [6.07, 6.45) is 0. The first-order valence-electron chi connectivity index (χ1n) is 5.22. The van der Waals surface area contributed by atoms with Crippen LogP contribution in [0.1, 0.15) is 39.0 Å². The third-order valence-electron chi connectivity index (χ3n) is 1.38. The van der Waals surface area contributed by atoms with Crippen LogP contribution < -0.4 is 4.74 Å². The highest BCUT2D eigenvalue weighted by atomic mass is 16.5. The van der Waals surface area contributed by atoms with Crippen molar-refractivity contribution >= 4 is 0 Å². The molecule has 0 saturated carbocycles. The Labute approximate surface area is 88.3 Å². The van der Waals surface area contributed by atoms with Crippen LogP contribution in [0.3, 0.4) is 0 Å². The van der Waals surface area contributed by atoms with Crippen molar-refractivity contribution in [2.24, 2.45) is 0 Å². The first-order valence-corrected chi connectivity index (χ1v) is 5.22. The van der Waals surface area contributed by atoms with Crippen molar-refractivity contribution in [1.29, 1.82) is 0 Å². The van der Waals surface area contributed by atoms with Gasteiger partial charge < -0.3 is 4.74 Å². The van der Waals surface area contributed by atoms with Crippen LogP contribution in [0.25, 0.3) is 0 Å². The zero-order valence-corrected chi connectivity index (χ0v) is 10.5. The molecule has 0 atom stereocenters. The van der Waals surface area contributed by atoms with E-state index < -0.39 is 0 Å². The first-order chi connectivity index (χ1) is 6.74. The van der Waals surface area contributed by atoms with Gasteiger partial charge in [0.05, 0.1) is 7.11 Å². The van der Waals surface area contributed by atoms with E-state index in [-0.39, 0.29) is 0 Å². The molecular weight excluding hydrogens is 174 g/mol. The number of hydrogen-bond donors (Lipinski definition) is 0. The normalized spacial score (nSPS) is 7.64. The van der Waals surface area contributed by atoms with Crippen LogP contribution in [0.2, 0.25) is 0 Å². The highest BCUT2D eigenvalue weighted by Crippen LogP contribution is 2.12. The van der Waals surface area contributed by atoms with Crippen LogP contribution in [-0.2, 0) is 0 Å². The minimum Gasteiger partial charge on any atom is -0.481 e. The van der Waals surface area contributed by atoms with Gasteiger partial charge in [-0.3, -0.25) is 0 Å². The standard InChI is InChI=1S/C8H11NO.2C2H6/c1-6-4-5-7(2)9-8(6)10-3;2*1-2/h4-5H,1-3H3;2*1-2H3. The van der Waals surface area contributed by atoms with Crippen molar-refractivity contribution in [1.82, 2.24) is 4.98 Å². The monoisotopic (exact) mass is 197 g/mol. The fraction of sp³-hybridized carbons (Fsp3) is 0.583. The topological polar surface area (TPSA) is 22.1 Å². The fourth-order valence-corrected chi connectivity index (χ4v) is 0.809. The zero-order chi connectivity index (χ0) is 11.6. The Kier molecular flexibility index (Phi) is 11.1. The Morgan fingerprint density at radius 1 is 1.00 bits per heavy atom. The Morgan fingerprint density at radius 3 is 1.86 bits per heavy atom. The molecule has 2 heteroatoms. The summed E-state index contributed by atoms with van der Waals surface area (Å²) in [5.74, 6) is 0.722. The van der Waals surface area contributed by atoms with Crippen molar-refractivity contribution in [2.45, 2.75) is 41.5 Å². The first kappa shape index (κ1) is 15.4. The molecule has 82 valence electrons. The van der Waals surface area contributed by atoms with E-state index in [2.05, 4.69) is 4.98 Å². The van der Waals surface area contributed by atoms with Crippen LogP contribution in [0.4, 0.5) is 0 Å². The summed E-state index contributed by atoms with van der Waals surface area (Å²) in [6.45, 7) is 11.9. The lowest BCUT2D eigenvalue weighted by atomic mass is 10.3. The quantitative estimate of drug-likeness (QED) is 0.684. The summed E-state index contributed by atoms with van der Waals surface area (Å²) in [4.78, 5) is 4.17. The smallest absolute Gasteiger partial charge is 0.216 e. The van der Waals surface area contributed by atoms with Crippen LogP contribution in [0.15, 0.2) is 12.1 Å². The SMILES string of the molecule is CC.CC.COc1nc(C)ccc1C. The number of ether oxygens (including phenoxy) is 1. The van der Waals surface area contributed by atoms with Gasteiger partial charge in [-0.05, 0) is 19.9 Å². The van der Waals surface area contributed by atoms with Gasteiger partial charge in [0.2, 0.25) is 5.88 Å². The average Bonchev–Trinajstić information content (AvgIpc) is 2.27. The largest absolute Gasteiger partial charge is 0.481 e. The Hall–Kier alpha value is -1.05. The van der Waals surface area contributed by atoms with Gasteiger partial charge in [0.25, 0.3) is 0 Å². The lowest BCUT2D eigenvalue weighted by Gasteiger charge is -2.02. The number of aryl methyl sites for hydroxylation is 2. The van der Waals surface area contributed by atoms with E-state index in [4.69, 9.17) is 4.74 Å². The van der Waals surface area contributed by atoms with Crippen molar-refractivity contribution in [3.8, 4) is 5.88 Å². The zero-order valence-electron chi connectivity index (χ0n) is 10.5. The minimum absolute atomic E-state index is 0.722. The molecule has 0 spiro atoms. The van der Waals surface area contributed by atoms with E-state index in [1.165, 1.54) is 0 Å². The Morgan fingerprint density at radius 2 is 1.50 bits per heavy atom. The molecule has 0 aliphatic rings. The summed E-state index contributed by atoms with van der Waals surface area (Å²) >= 11 is 0. The number of methoxy groups -OCH3 is 1. The van der Waals surface area contributed by atoms with Crippen molar-refractivity contribution in [3.05, 3.63) is 23.4 Å². The molecule has 0 aliphatic carbocycles. The molecule has 0 N–H and O–H groups in total. The summed E-state index contributed by atoms with van der Waals surface area (Å²) < 4.78 is 5.01. The fourth-order valence-electron chi connectivity index (χ4n) is 0.809. The van der Waals surface area contributed by atoms with Gasteiger partial charge in [-0.2, -0.15) is 0 Å². The molecule has 0 fully saturated rings. The maximum absolute atomic E-state index is 5.01. The Balaban J connectivity index is 0. The average molecular weight is 197 g/mol. The molecule has 1 aromatic heterocycles. The third-order valence-corrected chi connectivity index (χ3v) is 1.38. The molecule has 0 amide bonds.